The van der Waals surface area contributed by atoms with E-state index in [-0.39, 0.29) is 12.4 Å². The van der Waals surface area contributed by atoms with E-state index in [1.807, 2.05) is 15.6 Å². The van der Waals surface area contributed by atoms with Gasteiger partial charge in [0, 0.05) is 37.6 Å². The lowest BCUT2D eigenvalue weighted by Crippen LogP contribution is -1.99. The molecule has 0 aliphatic heterocycles. The molecule has 2 aromatic rings. The number of aromatic nitrogens is 4. The van der Waals surface area contributed by atoms with Gasteiger partial charge in [-0.1, -0.05) is 13.8 Å². The van der Waals surface area contributed by atoms with Gasteiger partial charge in [0.25, 0.3) is 0 Å². The van der Waals surface area contributed by atoms with E-state index in [4.69, 9.17) is 0 Å². The van der Waals surface area contributed by atoms with Gasteiger partial charge in [-0.05, 0) is 19.8 Å². The van der Waals surface area contributed by atoms with Gasteiger partial charge >= 0.3 is 0 Å². The number of rotatable bonds is 7. The highest BCUT2D eigenvalue weighted by Crippen LogP contribution is 2.11. The molecule has 20 heavy (non-hydrogen) atoms. The highest BCUT2D eigenvalue weighted by molar-refractivity contribution is 5.85. The maximum atomic E-state index is 4.50. The Morgan fingerprint density at radius 2 is 1.80 bits per heavy atom. The molecule has 0 saturated heterocycles. The van der Waals surface area contributed by atoms with Crippen molar-refractivity contribution in [3.8, 4) is 0 Å². The van der Waals surface area contributed by atoms with Crippen molar-refractivity contribution < 1.29 is 0 Å². The molecule has 0 radical (unpaired) electrons. The minimum atomic E-state index is 0. The third-order valence-electron chi connectivity index (χ3n) is 3.07. The minimum absolute atomic E-state index is 0. The molecule has 112 valence electrons. The van der Waals surface area contributed by atoms with Crippen LogP contribution in [0.5, 0.6) is 0 Å². The van der Waals surface area contributed by atoms with Gasteiger partial charge in [-0.3, -0.25) is 9.36 Å². The molecule has 0 spiro atoms. The molecule has 5 nitrogen and oxygen atoms in total. The molecule has 2 aromatic heterocycles. The van der Waals surface area contributed by atoms with Crippen molar-refractivity contribution in [3.63, 3.8) is 0 Å². The van der Waals surface area contributed by atoms with E-state index in [1.54, 1.807) is 0 Å². The van der Waals surface area contributed by atoms with Gasteiger partial charge in [-0.2, -0.15) is 10.2 Å². The smallest absolute Gasteiger partial charge is 0.0729 e. The SMILES string of the molecule is CCCn1cc(NCc2cn(CCC)nc2C)cn1.Cl. The van der Waals surface area contributed by atoms with Gasteiger partial charge in [-0.15, -0.1) is 12.4 Å². The summed E-state index contributed by atoms with van der Waals surface area (Å²) in [5, 5.41) is 12.2. The Kier molecular flexibility index (Phi) is 6.58. The van der Waals surface area contributed by atoms with Crippen molar-refractivity contribution in [2.75, 3.05) is 5.32 Å². The molecule has 6 heteroatoms. The summed E-state index contributed by atoms with van der Waals surface area (Å²) in [5.74, 6) is 0. The van der Waals surface area contributed by atoms with Gasteiger partial charge in [-0.25, -0.2) is 0 Å². The van der Waals surface area contributed by atoms with E-state index in [0.717, 1.165) is 43.9 Å². The van der Waals surface area contributed by atoms with Crippen LogP contribution in [0.4, 0.5) is 5.69 Å². The maximum Gasteiger partial charge on any atom is 0.0729 e. The second-order valence-corrected chi connectivity index (χ2v) is 4.85. The molecule has 1 N–H and O–H groups in total. The first-order valence-corrected chi connectivity index (χ1v) is 7.02. The topological polar surface area (TPSA) is 47.7 Å². The predicted molar refractivity (Wildman–Crippen MR) is 84.3 cm³/mol. The number of aryl methyl sites for hydroxylation is 3. The van der Waals surface area contributed by atoms with E-state index in [9.17, 15) is 0 Å². The number of nitrogens with one attached hydrogen (secondary N) is 1. The van der Waals surface area contributed by atoms with Crippen LogP contribution in [-0.2, 0) is 19.6 Å². The van der Waals surface area contributed by atoms with E-state index >= 15 is 0 Å². The zero-order valence-electron chi connectivity index (χ0n) is 12.5. The largest absolute Gasteiger partial charge is 0.378 e. The molecule has 0 fully saturated rings. The summed E-state index contributed by atoms with van der Waals surface area (Å²) in [5.41, 5.74) is 3.41. The molecule has 0 amide bonds. The van der Waals surface area contributed by atoms with Crippen molar-refractivity contribution in [2.24, 2.45) is 0 Å². The quantitative estimate of drug-likeness (QED) is 0.853. The fraction of sp³-hybridized carbons (Fsp3) is 0.571. The van der Waals surface area contributed by atoms with Crippen LogP contribution in [0.1, 0.15) is 37.9 Å². The Hall–Kier alpha value is -1.49. The van der Waals surface area contributed by atoms with Gasteiger partial charge in [0.1, 0.15) is 0 Å². The molecular formula is C14H24ClN5. The lowest BCUT2D eigenvalue weighted by atomic mass is 10.2. The van der Waals surface area contributed by atoms with Crippen LogP contribution >= 0.6 is 12.4 Å². The summed E-state index contributed by atoms with van der Waals surface area (Å²) in [4.78, 5) is 0. The fourth-order valence-corrected chi connectivity index (χ4v) is 2.08. The van der Waals surface area contributed by atoms with E-state index in [1.165, 1.54) is 5.56 Å². The molecule has 0 saturated carbocycles. The number of hydrogen-bond acceptors (Lipinski definition) is 3. The van der Waals surface area contributed by atoms with E-state index < -0.39 is 0 Å². The molecular weight excluding hydrogens is 274 g/mol. The van der Waals surface area contributed by atoms with Gasteiger partial charge in [0.2, 0.25) is 0 Å². The third kappa shape index (κ3) is 4.27. The Bertz CT molecular complexity index is 517. The summed E-state index contributed by atoms with van der Waals surface area (Å²) in [6.07, 6.45) is 8.26. The predicted octanol–water partition coefficient (Wildman–Crippen LogP) is 3.24. The lowest BCUT2D eigenvalue weighted by molar-refractivity contribution is 0.598. The number of anilines is 1. The van der Waals surface area contributed by atoms with Crippen molar-refractivity contribution in [2.45, 2.75) is 53.2 Å². The zero-order valence-corrected chi connectivity index (χ0v) is 13.3. The standard InChI is InChI=1S/C14H23N5.ClH/c1-4-6-18-11-14(9-16-18)15-8-13-10-19(7-5-2)17-12(13)3;/h9-11,15H,4-8H2,1-3H3;1H. The van der Waals surface area contributed by atoms with E-state index in [0.29, 0.717) is 0 Å². The van der Waals surface area contributed by atoms with Crippen LogP contribution in [-0.4, -0.2) is 19.6 Å². The van der Waals surface area contributed by atoms with Crippen LogP contribution in [0, 0.1) is 6.92 Å². The summed E-state index contributed by atoms with van der Waals surface area (Å²) in [6, 6.07) is 0. The first kappa shape index (κ1) is 16.6. The number of halogens is 1. The van der Waals surface area contributed by atoms with Crippen molar-refractivity contribution in [1.29, 1.82) is 0 Å². The van der Waals surface area contributed by atoms with Crippen molar-refractivity contribution in [3.05, 3.63) is 29.8 Å². The average molecular weight is 298 g/mol. The summed E-state index contributed by atoms with van der Waals surface area (Å²) < 4.78 is 3.99. The van der Waals surface area contributed by atoms with E-state index in [2.05, 4.69) is 48.7 Å². The Balaban J connectivity index is 0.00000200. The Morgan fingerprint density at radius 1 is 1.10 bits per heavy atom. The van der Waals surface area contributed by atoms with Crippen LogP contribution in [0.25, 0.3) is 0 Å². The highest BCUT2D eigenvalue weighted by atomic mass is 35.5. The maximum absolute atomic E-state index is 4.50. The molecule has 0 aromatic carbocycles. The average Bonchev–Trinajstić information content (AvgIpc) is 2.95. The van der Waals surface area contributed by atoms with Gasteiger partial charge in [0.15, 0.2) is 0 Å². The molecule has 2 rings (SSSR count). The molecule has 0 unspecified atom stereocenters. The number of nitrogens with zero attached hydrogens (tertiary/aromatic N) is 4. The molecule has 0 aliphatic carbocycles. The van der Waals surface area contributed by atoms with Gasteiger partial charge in [0.05, 0.1) is 17.6 Å². The third-order valence-corrected chi connectivity index (χ3v) is 3.07. The summed E-state index contributed by atoms with van der Waals surface area (Å²) >= 11 is 0. The van der Waals surface area contributed by atoms with Crippen molar-refractivity contribution >= 4 is 18.1 Å². The second kappa shape index (κ2) is 7.94. The molecule has 0 aliphatic rings. The summed E-state index contributed by atoms with van der Waals surface area (Å²) in [7, 11) is 0. The van der Waals surface area contributed by atoms with Crippen molar-refractivity contribution in [1.82, 2.24) is 19.6 Å². The highest BCUT2D eigenvalue weighted by Gasteiger charge is 2.05. The summed E-state index contributed by atoms with van der Waals surface area (Å²) in [6.45, 7) is 9.12. The number of hydrogen-bond donors (Lipinski definition) is 1. The zero-order chi connectivity index (χ0) is 13.7. The van der Waals surface area contributed by atoms with Crippen LogP contribution in [0.15, 0.2) is 18.6 Å². The Labute approximate surface area is 126 Å². The van der Waals surface area contributed by atoms with Crippen LogP contribution in [0.3, 0.4) is 0 Å². The molecule has 0 atom stereocenters. The Morgan fingerprint density at radius 3 is 2.50 bits per heavy atom. The fourth-order valence-electron chi connectivity index (χ4n) is 2.08. The monoisotopic (exact) mass is 297 g/mol. The first-order chi connectivity index (χ1) is 9.22. The molecule has 2 heterocycles. The van der Waals surface area contributed by atoms with Crippen LogP contribution in [0.2, 0.25) is 0 Å². The normalized spacial score (nSPS) is 10.3. The first-order valence-electron chi connectivity index (χ1n) is 7.02. The minimum Gasteiger partial charge on any atom is -0.378 e. The molecule has 0 bridgehead atoms. The second-order valence-electron chi connectivity index (χ2n) is 4.85. The van der Waals surface area contributed by atoms with Gasteiger partial charge < -0.3 is 5.32 Å². The lowest BCUT2D eigenvalue weighted by Gasteiger charge is -2.01. The van der Waals surface area contributed by atoms with Crippen LogP contribution < -0.4 is 5.32 Å².